The molecule has 4 rings (SSSR count). The summed E-state index contributed by atoms with van der Waals surface area (Å²) in [5.74, 6) is 2.36. The third-order valence-electron chi connectivity index (χ3n) is 10.2. The third-order valence-corrected chi connectivity index (χ3v) is 10.2. The van der Waals surface area contributed by atoms with Crippen LogP contribution in [0.15, 0.2) is 0 Å². The molecule has 0 spiro atoms. The molecular weight excluding hydrogens is 352 g/mol. The summed E-state index contributed by atoms with van der Waals surface area (Å²) in [4.78, 5) is 11.1. The summed E-state index contributed by atoms with van der Waals surface area (Å²) < 4.78 is 0. The number of carboxylic acids is 1. The quantitative estimate of drug-likeness (QED) is 0.659. The Morgan fingerprint density at radius 3 is 2.39 bits per heavy atom. The van der Waals surface area contributed by atoms with Gasteiger partial charge in [0.1, 0.15) is 0 Å². The van der Waals surface area contributed by atoms with Crippen LogP contribution in [0.1, 0.15) is 85.0 Å². The SMILES string of the molecule is CC(CCC(=O)O)[C@H]1CCC2C3C(O)CC4CC(O)CC[C@@]4(C)C3CC[C@@]21C. The number of aliphatic hydroxyl groups excluding tert-OH is 2. The van der Waals surface area contributed by atoms with Gasteiger partial charge >= 0.3 is 5.97 Å². The van der Waals surface area contributed by atoms with Crippen LogP contribution < -0.4 is 0 Å². The molecule has 0 aromatic rings. The molecule has 4 aliphatic rings. The van der Waals surface area contributed by atoms with E-state index in [1.807, 2.05) is 0 Å². The summed E-state index contributed by atoms with van der Waals surface area (Å²) in [5, 5.41) is 30.5. The van der Waals surface area contributed by atoms with E-state index in [0.29, 0.717) is 35.5 Å². The van der Waals surface area contributed by atoms with Crippen molar-refractivity contribution in [1.82, 2.24) is 0 Å². The van der Waals surface area contributed by atoms with E-state index in [2.05, 4.69) is 20.8 Å². The van der Waals surface area contributed by atoms with Crippen LogP contribution in [0.25, 0.3) is 0 Å². The third kappa shape index (κ3) is 3.14. The summed E-state index contributed by atoms with van der Waals surface area (Å²) in [7, 11) is 0. The van der Waals surface area contributed by atoms with Crippen LogP contribution >= 0.6 is 0 Å². The van der Waals surface area contributed by atoms with Crippen molar-refractivity contribution in [1.29, 1.82) is 0 Å². The molecule has 7 unspecified atom stereocenters. The van der Waals surface area contributed by atoms with Gasteiger partial charge in [-0.3, -0.25) is 4.79 Å². The van der Waals surface area contributed by atoms with Crippen LogP contribution in [0.4, 0.5) is 0 Å². The fourth-order valence-corrected chi connectivity index (χ4v) is 8.73. The highest BCUT2D eigenvalue weighted by molar-refractivity contribution is 5.66. The van der Waals surface area contributed by atoms with E-state index >= 15 is 0 Å². The summed E-state index contributed by atoms with van der Waals surface area (Å²) >= 11 is 0. The summed E-state index contributed by atoms with van der Waals surface area (Å²) in [6.07, 6.45) is 9.19. The average Bonchev–Trinajstić information content (AvgIpc) is 2.98. The number of carbonyl (C=O) groups is 1. The van der Waals surface area contributed by atoms with Gasteiger partial charge in [-0.25, -0.2) is 0 Å². The Morgan fingerprint density at radius 2 is 1.68 bits per heavy atom. The maximum absolute atomic E-state index is 11.2. The lowest BCUT2D eigenvalue weighted by Crippen LogP contribution is -2.58. The van der Waals surface area contributed by atoms with Gasteiger partial charge in [0.2, 0.25) is 0 Å². The molecule has 4 saturated carbocycles. The predicted molar refractivity (Wildman–Crippen MR) is 109 cm³/mol. The second-order valence-electron chi connectivity index (χ2n) is 11.4. The molecule has 4 fully saturated rings. The number of carboxylic acid groups (broad SMARTS) is 1. The van der Waals surface area contributed by atoms with Crippen LogP contribution in [-0.2, 0) is 4.79 Å². The van der Waals surface area contributed by atoms with Crippen molar-refractivity contribution in [3.8, 4) is 0 Å². The molecule has 0 aromatic carbocycles. The van der Waals surface area contributed by atoms with Crippen molar-refractivity contribution in [2.24, 2.45) is 46.3 Å². The first-order valence-corrected chi connectivity index (χ1v) is 11.7. The van der Waals surface area contributed by atoms with Gasteiger partial charge < -0.3 is 15.3 Å². The predicted octanol–water partition coefficient (Wildman–Crippen LogP) is 4.48. The van der Waals surface area contributed by atoms with E-state index < -0.39 is 5.97 Å². The number of fused-ring (bicyclic) bond motifs is 5. The molecule has 3 N–H and O–H groups in total. The van der Waals surface area contributed by atoms with E-state index in [9.17, 15) is 15.0 Å². The van der Waals surface area contributed by atoms with Crippen molar-refractivity contribution in [2.45, 2.75) is 97.2 Å². The maximum atomic E-state index is 11.2. The van der Waals surface area contributed by atoms with Gasteiger partial charge in [-0.15, -0.1) is 0 Å². The maximum Gasteiger partial charge on any atom is 0.303 e. The number of hydrogen-bond donors (Lipinski definition) is 3. The van der Waals surface area contributed by atoms with Crippen molar-refractivity contribution in [2.75, 3.05) is 0 Å². The van der Waals surface area contributed by atoms with Crippen LogP contribution in [0.2, 0.25) is 0 Å². The van der Waals surface area contributed by atoms with Gasteiger partial charge in [0, 0.05) is 6.42 Å². The lowest BCUT2D eigenvalue weighted by molar-refractivity contribution is -0.174. The zero-order valence-corrected chi connectivity index (χ0v) is 17.9. The van der Waals surface area contributed by atoms with Crippen molar-refractivity contribution in [3.63, 3.8) is 0 Å². The normalized spacial score (nSPS) is 51.7. The van der Waals surface area contributed by atoms with Gasteiger partial charge in [-0.1, -0.05) is 20.8 Å². The minimum atomic E-state index is -0.684. The van der Waals surface area contributed by atoms with Crippen LogP contribution in [0, 0.1) is 46.3 Å². The van der Waals surface area contributed by atoms with Crippen molar-refractivity contribution in [3.05, 3.63) is 0 Å². The van der Waals surface area contributed by atoms with E-state index in [1.54, 1.807) is 0 Å². The number of hydrogen-bond acceptors (Lipinski definition) is 3. The van der Waals surface area contributed by atoms with Crippen molar-refractivity contribution >= 4 is 5.97 Å². The monoisotopic (exact) mass is 392 g/mol. The highest BCUT2D eigenvalue weighted by Crippen LogP contribution is 2.68. The fourth-order valence-electron chi connectivity index (χ4n) is 8.73. The molecule has 0 saturated heterocycles. The summed E-state index contributed by atoms with van der Waals surface area (Å²) in [5.41, 5.74) is 0.523. The number of aliphatic carboxylic acids is 1. The summed E-state index contributed by atoms with van der Waals surface area (Å²) in [6, 6.07) is 0. The van der Waals surface area contributed by atoms with E-state index in [1.165, 1.54) is 25.7 Å². The molecular formula is C24H40O4. The molecule has 160 valence electrons. The van der Waals surface area contributed by atoms with Gasteiger partial charge in [-0.2, -0.15) is 0 Å². The smallest absolute Gasteiger partial charge is 0.303 e. The van der Waals surface area contributed by atoms with Crippen LogP contribution in [-0.4, -0.2) is 33.5 Å². The second-order valence-corrected chi connectivity index (χ2v) is 11.4. The van der Waals surface area contributed by atoms with E-state index in [4.69, 9.17) is 5.11 Å². The van der Waals surface area contributed by atoms with Gasteiger partial charge in [0.15, 0.2) is 0 Å². The lowest BCUT2D eigenvalue weighted by Gasteiger charge is -2.62. The van der Waals surface area contributed by atoms with E-state index in [0.717, 1.165) is 32.1 Å². The molecule has 4 aliphatic carbocycles. The Hall–Kier alpha value is -0.610. The molecule has 4 heteroatoms. The second kappa shape index (κ2) is 7.27. The lowest BCUT2D eigenvalue weighted by atomic mass is 9.43. The Balaban J connectivity index is 1.55. The Bertz CT molecular complexity index is 605. The first-order chi connectivity index (χ1) is 13.2. The molecule has 0 aliphatic heterocycles. The van der Waals surface area contributed by atoms with Gasteiger partial charge in [-0.05, 0) is 104 Å². The molecule has 0 heterocycles. The topological polar surface area (TPSA) is 77.8 Å². The zero-order valence-electron chi connectivity index (χ0n) is 17.9. The molecule has 28 heavy (non-hydrogen) atoms. The Morgan fingerprint density at radius 1 is 1.00 bits per heavy atom. The number of rotatable bonds is 4. The fraction of sp³-hybridized carbons (Fsp3) is 0.958. The molecule has 0 aromatic heterocycles. The first-order valence-electron chi connectivity index (χ1n) is 11.7. The molecule has 0 amide bonds. The van der Waals surface area contributed by atoms with E-state index in [-0.39, 0.29) is 29.5 Å². The summed E-state index contributed by atoms with van der Waals surface area (Å²) in [6.45, 7) is 7.16. The van der Waals surface area contributed by atoms with Crippen LogP contribution in [0.3, 0.4) is 0 Å². The molecule has 10 atom stereocenters. The molecule has 4 nitrogen and oxygen atoms in total. The minimum absolute atomic E-state index is 0.179. The highest BCUT2D eigenvalue weighted by atomic mass is 16.4. The average molecular weight is 393 g/mol. The standard InChI is InChI=1S/C24H40O4/c1-14(4-7-21(27)28)17-5-6-18-22-19(9-11-24(17,18)3)23(2)10-8-16(25)12-15(23)13-20(22)26/h14-20,22,25-26H,4-13H2,1-3H3,(H,27,28)/t14?,15?,16?,17-,18?,19?,20?,22?,23-,24-/m1/s1. The Labute approximate surface area is 170 Å². The van der Waals surface area contributed by atoms with Crippen LogP contribution in [0.5, 0.6) is 0 Å². The van der Waals surface area contributed by atoms with Gasteiger partial charge in [0.25, 0.3) is 0 Å². The molecule has 0 radical (unpaired) electrons. The van der Waals surface area contributed by atoms with Gasteiger partial charge in [0.05, 0.1) is 12.2 Å². The zero-order chi connectivity index (χ0) is 20.3. The number of aliphatic hydroxyl groups is 2. The first kappa shape index (κ1) is 20.7. The molecule has 0 bridgehead atoms. The largest absolute Gasteiger partial charge is 0.481 e. The Kier molecular flexibility index (Phi) is 5.36. The highest BCUT2D eigenvalue weighted by Gasteiger charge is 2.62. The minimum Gasteiger partial charge on any atom is -0.481 e. The van der Waals surface area contributed by atoms with Crippen molar-refractivity contribution < 1.29 is 20.1 Å².